The van der Waals surface area contributed by atoms with Gasteiger partial charge in [-0.25, -0.2) is 10.3 Å². The van der Waals surface area contributed by atoms with Gasteiger partial charge in [-0.15, -0.1) is 0 Å². The average molecular weight is 539 g/mol. The molecule has 0 saturated heterocycles. The molecule has 4 aromatic rings. The Morgan fingerprint density at radius 3 is 2.57 bits per heavy atom. The summed E-state index contributed by atoms with van der Waals surface area (Å²) in [5.41, 5.74) is 4.55. The first kappa shape index (κ1) is 26.8. The van der Waals surface area contributed by atoms with Gasteiger partial charge in [0.15, 0.2) is 11.5 Å². The van der Waals surface area contributed by atoms with Gasteiger partial charge in [-0.1, -0.05) is 60.5 Å². The first-order valence-corrected chi connectivity index (χ1v) is 12.9. The molecule has 37 heavy (non-hydrogen) atoms. The number of rotatable bonds is 11. The molecule has 8 heteroatoms. The molecular weight excluding hydrogens is 509 g/mol. The third kappa shape index (κ3) is 6.38. The van der Waals surface area contributed by atoms with Crippen LogP contribution in [0.25, 0.3) is 5.65 Å². The van der Waals surface area contributed by atoms with Gasteiger partial charge in [0.2, 0.25) is 5.91 Å². The van der Waals surface area contributed by atoms with Crippen molar-refractivity contribution in [3.63, 3.8) is 0 Å². The van der Waals surface area contributed by atoms with Crippen molar-refractivity contribution in [2.75, 3.05) is 14.2 Å². The molecule has 1 atom stereocenters. The van der Waals surface area contributed by atoms with E-state index < -0.39 is 0 Å². The maximum absolute atomic E-state index is 12.7. The first-order chi connectivity index (χ1) is 17.9. The number of nitrogens with zero attached hydrogens (tertiary/aromatic N) is 3. The molecule has 2 aromatic heterocycles. The molecule has 0 spiro atoms. The van der Waals surface area contributed by atoms with Gasteiger partial charge >= 0.3 is 0 Å². The van der Waals surface area contributed by atoms with Gasteiger partial charge in [-0.3, -0.25) is 4.79 Å². The van der Waals surface area contributed by atoms with Crippen molar-refractivity contribution >= 4 is 34.8 Å². The van der Waals surface area contributed by atoms with Crippen LogP contribution >= 0.6 is 23.2 Å². The summed E-state index contributed by atoms with van der Waals surface area (Å²) >= 11 is 12.9. The Morgan fingerprint density at radius 1 is 1.03 bits per heavy atom. The molecular formula is C29H30Cl2N3O3. The number of ether oxygens (including phenoxy) is 2. The lowest BCUT2D eigenvalue weighted by atomic mass is 9.96. The molecule has 0 aliphatic carbocycles. The lowest BCUT2D eigenvalue weighted by Gasteiger charge is -2.16. The second-order valence-electron chi connectivity index (χ2n) is 9.03. The van der Waals surface area contributed by atoms with Gasteiger partial charge in [0, 0.05) is 24.1 Å². The largest absolute Gasteiger partial charge is 0.493 e. The number of methoxy groups -OCH3 is 2. The summed E-state index contributed by atoms with van der Waals surface area (Å²) in [6, 6.07) is 17.4. The van der Waals surface area contributed by atoms with E-state index in [0.29, 0.717) is 40.8 Å². The van der Waals surface area contributed by atoms with Crippen molar-refractivity contribution in [2.45, 2.75) is 39.2 Å². The average Bonchev–Trinajstić information content (AvgIpc) is 3.25. The van der Waals surface area contributed by atoms with Gasteiger partial charge in [0.05, 0.1) is 37.2 Å². The minimum Gasteiger partial charge on any atom is -0.493 e. The minimum atomic E-state index is -0.133. The number of fused-ring (bicyclic) bond motifs is 1. The quantitative estimate of drug-likeness (QED) is 0.217. The molecule has 0 N–H and O–H groups in total. The standard InChI is InChI=1S/C29H30Cl2N3O3/c1-19(16-21-12-13-25(36-2)29(37-3)28(21)31)11-14-27(35)32-18-23-24(17-20-8-4-5-9-22(20)30)34-15-7-6-10-26(34)33-23/h4-10,12-13,15,19H,11,14,16-18H2,1-3H3. The second kappa shape index (κ2) is 12.3. The fourth-order valence-electron chi connectivity index (χ4n) is 4.41. The topological polar surface area (TPSA) is 66.9 Å². The molecule has 4 rings (SSSR count). The van der Waals surface area contributed by atoms with Crippen molar-refractivity contribution in [3.8, 4) is 11.5 Å². The van der Waals surface area contributed by atoms with Gasteiger partial charge in [0.25, 0.3) is 0 Å². The van der Waals surface area contributed by atoms with Crippen LogP contribution in [0.4, 0.5) is 0 Å². The SMILES string of the molecule is COc1ccc(CC(C)CCC(=O)[N]Cc2nc3ccccn3c2Cc2ccccc2Cl)c(Cl)c1OC. The Labute approximate surface area is 227 Å². The third-order valence-corrected chi connectivity index (χ3v) is 7.20. The highest BCUT2D eigenvalue weighted by atomic mass is 35.5. The van der Waals surface area contributed by atoms with E-state index in [1.807, 2.05) is 65.2 Å². The van der Waals surface area contributed by atoms with Crippen molar-refractivity contribution in [1.29, 1.82) is 0 Å². The fraction of sp³-hybridized carbons (Fsp3) is 0.310. The molecule has 0 bridgehead atoms. The molecule has 6 nitrogen and oxygen atoms in total. The van der Waals surface area contributed by atoms with E-state index in [9.17, 15) is 4.79 Å². The molecule has 1 amide bonds. The van der Waals surface area contributed by atoms with E-state index in [-0.39, 0.29) is 18.4 Å². The molecule has 2 heterocycles. The Morgan fingerprint density at radius 2 is 1.81 bits per heavy atom. The van der Waals surface area contributed by atoms with Crippen LogP contribution in [0.2, 0.25) is 10.0 Å². The first-order valence-electron chi connectivity index (χ1n) is 12.2. The summed E-state index contributed by atoms with van der Waals surface area (Å²) in [5.74, 6) is 1.23. The van der Waals surface area contributed by atoms with Gasteiger partial charge < -0.3 is 13.9 Å². The molecule has 0 aliphatic heterocycles. The van der Waals surface area contributed by atoms with E-state index in [4.69, 9.17) is 37.7 Å². The summed E-state index contributed by atoms with van der Waals surface area (Å²) in [6.45, 7) is 2.33. The van der Waals surface area contributed by atoms with Crippen LogP contribution in [-0.2, 0) is 24.2 Å². The number of halogens is 2. The lowest BCUT2D eigenvalue weighted by molar-refractivity contribution is -0.121. The number of imidazole rings is 1. The fourth-order valence-corrected chi connectivity index (χ4v) is 4.92. The molecule has 0 fully saturated rings. The summed E-state index contributed by atoms with van der Waals surface area (Å²) in [5, 5.41) is 5.60. The molecule has 193 valence electrons. The number of aromatic nitrogens is 2. The number of benzene rings is 2. The van der Waals surface area contributed by atoms with E-state index in [1.54, 1.807) is 14.2 Å². The van der Waals surface area contributed by atoms with Crippen LogP contribution in [0.3, 0.4) is 0 Å². The van der Waals surface area contributed by atoms with Crippen LogP contribution in [0, 0.1) is 5.92 Å². The summed E-state index contributed by atoms with van der Waals surface area (Å²) in [7, 11) is 3.15. The maximum atomic E-state index is 12.7. The third-order valence-electron chi connectivity index (χ3n) is 6.42. The number of pyridine rings is 1. The van der Waals surface area contributed by atoms with Crippen molar-refractivity contribution in [2.24, 2.45) is 5.92 Å². The van der Waals surface area contributed by atoms with Crippen LogP contribution in [0.1, 0.15) is 42.3 Å². The number of amides is 1. The van der Waals surface area contributed by atoms with E-state index in [2.05, 4.69) is 12.2 Å². The van der Waals surface area contributed by atoms with Gasteiger partial charge in [0.1, 0.15) is 5.65 Å². The molecule has 0 aliphatic rings. The zero-order valence-electron chi connectivity index (χ0n) is 21.2. The van der Waals surface area contributed by atoms with Crippen LogP contribution in [0.15, 0.2) is 60.8 Å². The molecule has 1 unspecified atom stereocenters. The monoisotopic (exact) mass is 538 g/mol. The van der Waals surface area contributed by atoms with Crippen LogP contribution in [0.5, 0.6) is 11.5 Å². The Balaban J connectivity index is 1.37. The van der Waals surface area contributed by atoms with Crippen LogP contribution < -0.4 is 14.8 Å². The summed E-state index contributed by atoms with van der Waals surface area (Å²) < 4.78 is 12.7. The highest BCUT2D eigenvalue weighted by Crippen LogP contribution is 2.38. The summed E-state index contributed by atoms with van der Waals surface area (Å²) in [4.78, 5) is 17.4. The Bertz CT molecular complexity index is 1390. The highest BCUT2D eigenvalue weighted by Gasteiger charge is 2.18. The predicted molar refractivity (Wildman–Crippen MR) is 147 cm³/mol. The van der Waals surface area contributed by atoms with Crippen molar-refractivity contribution < 1.29 is 14.3 Å². The smallest absolute Gasteiger partial charge is 0.241 e. The predicted octanol–water partition coefficient (Wildman–Crippen LogP) is 6.54. The number of hydrogen-bond donors (Lipinski definition) is 0. The Kier molecular flexibility index (Phi) is 8.95. The molecule has 2 aromatic carbocycles. The van der Waals surface area contributed by atoms with Gasteiger partial charge in [-0.05, 0) is 54.2 Å². The van der Waals surface area contributed by atoms with Crippen molar-refractivity contribution in [1.82, 2.24) is 14.7 Å². The summed E-state index contributed by atoms with van der Waals surface area (Å²) in [6.07, 6.45) is 4.36. The van der Waals surface area contributed by atoms with E-state index >= 15 is 0 Å². The Hall–Kier alpha value is -3.22. The highest BCUT2D eigenvalue weighted by molar-refractivity contribution is 6.33. The normalized spacial score (nSPS) is 11.9. The number of carbonyl (C=O) groups excluding carboxylic acids is 1. The molecule has 0 saturated carbocycles. The van der Waals surface area contributed by atoms with Crippen LogP contribution in [-0.4, -0.2) is 29.5 Å². The number of hydrogen-bond acceptors (Lipinski definition) is 4. The second-order valence-corrected chi connectivity index (χ2v) is 9.82. The molecule has 1 radical (unpaired) electrons. The maximum Gasteiger partial charge on any atom is 0.241 e. The zero-order valence-corrected chi connectivity index (χ0v) is 22.7. The van der Waals surface area contributed by atoms with Crippen molar-refractivity contribution in [3.05, 3.63) is 93.4 Å². The zero-order chi connectivity index (χ0) is 26.4. The minimum absolute atomic E-state index is 0.133. The number of carbonyl (C=O) groups is 1. The lowest BCUT2D eigenvalue weighted by Crippen LogP contribution is -2.17. The van der Waals surface area contributed by atoms with E-state index in [1.165, 1.54) is 0 Å². The van der Waals surface area contributed by atoms with Gasteiger partial charge in [-0.2, -0.15) is 0 Å². The van der Waals surface area contributed by atoms with E-state index in [0.717, 1.165) is 34.6 Å².